The summed E-state index contributed by atoms with van der Waals surface area (Å²) in [7, 11) is -2.34. The van der Waals surface area contributed by atoms with Gasteiger partial charge in [0.1, 0.15) is 0 Å². The van der Waals surface area contributed by atoms with Gasteiger partial charge in [-0.1, -0.05) is 79.9 Å². The van der Waals surface area contributed by atoms with Crippen LogP contribution in [0.1, 0.15) is 51.4 Å². The number of para-hydroxylation sites is 1. The molecule has 2 N–H and O–H groups in total. The van der Waals surface area contributed by atoms with Crippen molar-refractivity contribution in [3.05, 3.63) is 64.9 Å². The molecule has 2 aromatic carbocycles. The number of piperazine rings is 1. The van der Waals surface area contributed by atoms with Gasteiger partial charge in [0.25, 0.3) is 0 Å². The van der Waals surface area contributed by atoms with Crippen LogP contribution >= 0.6 is 23.2 Å². The van der Waals surface area contributed by atoms with Gasteiger partial charge in [-0.3, -0.25) is 9.45 Å². The molecule has 2 aliphatic heterocycles. The molecule has 0 radical (unpaired) electrons. The number of piperidine rings is 1. The van der Waals surface area contributed by atoms with Crippen LogP contribution < -0.4 is 10.2 Å². The van der Waals surface area contributed by atoms with Crippen LogP contribution in [0.25, 0.3) is 22.2 Å². The van der Waals surface area contributed by atoms with Crippen LogP contribution in [0.15, 0.2) is 54.9 Å². The number of likely N-dealkylation sites (N-methyl/N-ethyl adjacent to an activating group) is 1. The number of fused-ring (bicyclic) bond motifs is 1. The molecule has 0 amide bonds. The van der Waals surface area contributed by atoms with E-state index >= 15 is 0 Å². The second-order valence-electron chi connectivity index (χ2n) is 12.7. The van der Waals surface area contributed by atoms with E-state index in [0.717, 1.165) is 61.8 Å². The topological polar surface area (TPSA) is 107 Å². The molecule has 47 heavy (non-hydrogen) atoms. The molecule has 7 rings (SSSR count). The Morgan fingerprint density at radius 1 is 0.872 bits per heavy atom. The molecule has 1 saturated carbocycles. The van der Waals surface area contributed by atoms with Crippen molar-refractivity contribution in [2.75, 3.05) is 56.5 Å². The fourth-order valence-corrected chi connectivity index (χ4v) is 7.97. The van der Waals surface area contributed by atoms with E-state index in [1.165, 1.54) is 50.9 Å². The summed E-state index contributed by atoms with van der Waals surface area (Å²) >= 11 is 13.2. The Balaban J connectivity index is 0.000000580. The van der Waals surface area contributed by atoms with E-state index in [1.54, 1.807) is 24.3 Å². The van der Waals surface area contributed by atoms with Gasteiger partial charge in [-0.15, -0.1) is 0 Å². The summed E-state index contributed by atoms with van der Waals surface area (Å²) in [6.07, 6.45) is 14.0. The van der Waals surface area contributed by atoms with E-state index in [2.05, 4.69) is 37.0 Å². The smallest absolute Gasteiger partial charge is 0.363 e. The lowest BCUT2D eigenvalue weighted by Crippen LogP contribution is -2.52. The van der Waals surface area contributed by atoms with Crippen LogP contribution in [0.5, 0.6) is 0 Å². The number of rotatable bonds is 6. The Kier molecular flexibility index (Phi) is 10.9. The highest BCUT2D eigenvalue weighted by molar-refractivity contribution is 7.84. The lowest BCUT2D eigenvalue weighted by Gasteiger charge is -2.42. The maximum Gasteiger partial charge on any atom is 0.363 e. The zero-order valence-corrected chi connectivity index (χ0v) is 29.1. The van der Waals surface area contributed by atoms with Gasteiger partial charge in [-0.2, -0.15) is 8.42 Å². The first kappa shape index (κ1) is 34.0. The monoisotopic (exact) mass is 699 g/mol. The number of nitrogens with one attached hydrogen (secondary N) is 1. The molecule has 3 aliphatic rings. The van der Waals surface area contributed by atoms with E-state index in [9.17, 15) is 13.0 Å². The van der Waals surface area contributed by atoms with E-state index in [0.29, 0.717) is 38.9 Å². The number of aromatic nitrogens is 3. The van der Waals surface area contributed by atoms with Crippen LogP contribution in [0.2, 0.25) is 10.0 Å². The van der Waals surface area contributed by atoms with Gasteiger partial charge in [0.05, 0.1) is 33.1 Å². The highest BCUT2D eigenvalue weighted by Gasteiger charge is 2.27. The summed E-state index contributed by atoms with van der Waals surface area (Å²) in [5.41, 5.74) is 2.80. The zero-order valence-electron chi connectivity index (χ0n) is 26.8. The Hall–Kier alpha value is -2.93. The first-order valence-corrected chi connectivity index (χ1v) is 18.7. The van der Waals surface area contributed by atoms with E-state index in [4.69, 9.17) is 23.2 Å². The molecule has 0 atom stereocenters. The number of halogens is 2. The van der Waals surface area contributed by atoms with E-state index in [-0.39, 0.29) is 11.0 Å². The third kappa shape index (κ3) is 8.21. The Labute approximate surface area is 287 Å². The van der Waals surface area contributed by atoms with Crippen molar-refractivity contribution in [2.24, 2.45) is 0 Å². The molecule has 4 aromatic rings. The molecule has 0 spiro atoms. The summed E-state index contributed by atoms with van der Waals surface area (Å²) in [4.78, 5) is 16.3. The Morgan fingerprint density at radius 2 is 1.53 bits per heavy atom. The van der Waals surface area contributed by atoms with Gasteiger partial charge >= 0.3 is 10.3 Å². The van der Waals surface area contributed by atoms with Crippen LogP contribution in [-0.2, 0) is 10.3 Å². The number of anilines is 3. The zero-order chi connectivity index (χ0) is 33.0. The predicted octanol–water partition coefficient (Wildman–Crippen LogP) is 7.36. The molecule has 0 bridgehead atoms. The molecular formula is C34H43Cl2N7O3S. The number of hydrogen-bond acceptors (Lipinski definition) is 8. The maximum atomic E-state index is 12.0. The molecule has 3 fully saturated rings. The van der Waals surface area contributed by atoms with Gasteiger partial charge in [-0.25, -0.2) is 13.9 Å². The normalized spacial score (nSPS) is 18.6. The quantitative estimate of drug-likeness (QED) is 0.200. The lowest BCUT2D eigenvalue weighted by atomic mass is 10.0. The molecule has 4 heterocycles. The largest absolute Gasteiger partial charge is 0.370 e. The van der Waals surface area contributed by atoms with Crippen molar-refractivity contribution in [1.29, 1.82) is 0 Å². The first-order chi connectivity index (χ1) is 22.7. The minimum absolute atomic E-state index is 0.238. The summed E-state index contributed by atoms with van der Waals surface area (Å²) < 4.78 is 34.5. The second-order valence-corrected chi connectivity index (χ2v) is 14.8. The predicted molar refractivity (Wildman–Crippen MR) is 192 cm³/mol. The second kappa shape index (κ2) is 15.1. The van der Waals surface area contributed by atoms with Gasteiger partial charge in [-0.05, 0) is 44.2 Å². The molecular weight excluding hydrogens is 657 g/mol. The third-order valence-corrected chi connectivity index (χ3v) is 10.9. The van der Waals surface area contributed by atoms with Crippen molar-refractivity contribution in [1.82, 2.24) is 23.7 Å². The van der Waals surface area contributed by atoms with Gasteiger partial charge in [0.15, 0.2) is 0 Å². The minimum Gasteiger partial charge on any atom is -0.370 e. The molecule has 0 unspecified atom stereocenters. The molecule has 2 aromatic heterocycles. The molecule has 2 saturated heterocycles. The maximum absolute atomic E-state index is 12.0. The van der Waals surface area contributed by atoms with E-state index < -0.39 is 10.3 Å². The first-order valence-electron chi connectivity index (χ1n) is 16.5. The van der Waals surface area contributed by atoms with Crippen molar-refractivity contribution in [3.63, 3.8) is 0 Å². The lowest BCUT2D eigenvalue weighted by molar-refractivity contribution is 0.0982. The van der Waals surface area contributed by atoms with Crippen LogP contribution in [-0.4, -0.2) is 89.1 Å². The summed E-state index contributed by atoms with van der Waals surface area (Å²) in [6, 6.07) is 13.2. The SMILES string of the molecule is C1CCCCC1.CN1CCN(C2CCN(c3ccc(Nc4ncc(Cl)c(-c5cn(S(=O)(=O)O)c6ccccc56)n4)cc3Cl)CC2)CC1. The fraction of sp³-hybridized carbons (Fsp3) is 0.471. The summed E-state index contributed by atoms with van der Waals surface area (Å²) in [5, 5.41) is 4.63. The van der Waals surface area contributed by atoms with Crippen molar-refractivity contribution in [3.8, 4) is 11.3 Å². The van der Waals surface area contributed by atoms with Crippen LogP contribution in [0, 0.1) is 0 Å². The number of hydrogen-bond donors (Lipinski definition) is 2. The van der Waals surface area contributed by atoms with Crippen LogP contribution in [0.4, 0.5) is 17.3 Å². The average molecular weight is 701 g/mol. The van der Waals surface area contributed by atoms with Gasteiger partial charge in [0, 0.05) is 68.1 Å². The van der Waals surface area contributed by atoms with Crippen molar-refractivity contribution in [2.45, 2.75) is 57.4 Å². The Morgan fingerprint density at radius 3 is 2.17 bits per heavy atom. The third-order valence-electron chi connectivity index (χ3n) is 9.49. The number of nitrogens with zero attached hydrogens (tertiary/aromatic N) is 6. The van der Waals surface area contributed by atoms with Crippen molar-refractivity contribution < 1.29 is 13.0 Å². The molecule has 13 heteroatoms. The van der Waals surface area contributed by atoms with Gasteiger partial charge < -0.3 is 15.1 Å². The Bertz CT molecular complexity index is 1770. The standard InChI is InChI=1S/C28H31Cl2N7O3S.C6H12/c1-34-12-14-35(15-13-34)20-8-10-36(11-9-20)26-7-6-19(16-23(26)29)32-28-31-17-24(30)27(33-28)22-18-37(41(38,39)40)25-5-3-2-4-21(22)25;1-2-4-6-5-3-1/h2-7,16-18,20H,8-15H2,1H3,(H,31,32,33)(H,38,39,40);1-6H2. The number of benzene rings is 2. The van der Waals surface area contributed by atoms with Gasteiger partial charge in [0.2, 0.25) is 5.95 Å². The van der Waals surface area contributed by atoms with Crippen molar-refractivity contribution >= 4 is 61.7 Å². The van der Waals surface area contributed by atoms with E-state index in [1.807, 2.05) is 18.2 Å². The molecule has 1 aliphatic carbocycles. The van der Waals surface area contributed by atoms with Crippen LogP contribution in [0.3, 0.4) is 0 Å². The summed E-state index contributed by atoms with van der Waals surface area (Å²) in [5.74, 6) is 0.268. The summed E-state index contributed by atoms with van der Waals surface area (Å²) in [6.45, 7) is 6.47. The highest BCUT2D eigenvalue weighted by Crippen LogP contribution is 2.36. The molecule has 252 valence electrons. The highest BCUT2D eigenvalue weighted by atomic mass is 35.5. The average Bonchev–Trinajstić information content (AvgIpc) is 3.48. The minimum atomic E-state index is -4.53. The molecule has 10 nitrogen and oxygen atoms in total. The fourth-order valence-electron chi connectivity index (χ4n) is 6.84.